The number of nitrogens with zero attached hydrogens (tertiary/aromatic N) is 3. The van der Waals surface area contributed by atoms with Gasteiger partial charge in [-0.2, -0.15) is 8.62 Å². The van der Waals surface area contributed by atoms with Gasteiger partial charge in [0.25, 0.3) is 0 Å². The number of aromatic nitrogens is 3. The Morgan fingerprint density at radius 2 is 1.66 bits per heavy atom. The van der Waals surface area contributed by atoms with E-state index in [-0.39, 0.29) is 54.2 Å². The summed E-state index contributed by atoms with van der Waals surface area (Å²) in [4.78, 5) is 85.0. The highest BCUT2D eigenvalue weighted by molar-refractivity contribution is 8.76. The predicted molar refractivity (Wildman–Crippen MR) is 247 cm³/mol. The molecule has 0 saturated carbocycles. The molecule has 1 amide bonds. The van der Waals surface area contributed by atoms with Crippen molar-refractivity contribution in [3.8, 4) is 11.8 Å². The van der Waals surface area contributed by atoms with Gasteiger partial charge in [-0.15, -0.1) is 0 Å². The quantitative estimate of drug-likeness (QED) is 0.0163. The maximum Gasteiger partial charge on any atom is 0.490 e. The number of phosphoric acid groups is 3. The third kappa shape index (κ3) is 15.9. The summed E-state index contributed by atoms with van der Waals surface area (Å²) in [6.07, 6.45) is -0.119. The fourth-order valence-corrected chi connectivity index (χ4v) is 11.8. The molecular formula is C39H50N7O16P3S2. The molecule has 1 fully saturated rings. The van der Waals surface area contributed by atoms with Gasteiger partial charge in [0, 0.05) is 42.6 Å². The van der Waals surface area contributed by atoms with Gasteiger partial charge in [0.05, 0.1) is 41.8 Å². The standard InChI is InChI=1S/C39H50N7O16P3S2/c1-24(41)27-11-3-5-13-29(27)39(49)60-31-20-34(59-32(31)22-58-64(53,54)62-65(55,56)61-63(50,51)52)46-21-26(35-36(42)44-23-45-37(35)46)10-9-17-43-33(47)15-7-8-18-57-38(48)30-14-6-4-12-28(30)25(2)67-66-19-16-40/h3-6,11-14,21,23-25,31-32,34H,7-8,15-20,22,40-41H2,1-2H3,(H,43,47)(H,53,54)(H,55,56)(H2,42,44,45)(H2,50,51,52)/t24?,25?,31-,32?,34-/m1/s1. The zero-order valence-corrected chi connectivity index (χ0v) is 40.3. The molecule has 23 nitrogen and oxygen atoms in total. The van der Waals surface area contributed by atoms with Crippen molar-refractivity contribution in [3.05, 3.63) is 88.9 Å². The molecule has 28 heteroatoms. The SMILES string of the molecule is CC(N)c1ccccc1C(=O)O[C@@H]1C[C@H](n2cc(C#CCNC(=O)CCCCOC(=O)c3ccccc3C(C)SSCCN)c3c(N)ncnc32)OC1COP(=O)(O)OP(=O)(O)OP(=O)(O)O. The fraction of sp³-hybridized carbons (Fsp3) is 0.410. The summed E-state index contributed by atoms with van der Waals surface area (Å²) < 4.78 is 67.1. The third-order valence-electron chi connectivity index (χ3n) is 9.54. The number of hydrogen-bond donors (Lipinski definition) is 8. The molecule has 5 rings (SSSR count). The second kappa shape index (κ2) is 24.4. The van der Waals surface area contributed by atoms with Crippen LogP contribution in [0.2, 0.25) is 0 Å². The van der Waals surface area contributed by atoms with Crippen LogP contribution in [0.25, 0.3) is 11.0 Å². The van der Waals surface area contributed by atoms with Crippen molar-refractivity contribution < 1.29 is 75.0 Å². The van der Waals surface area contributed by atoms with E-state index in [1.54, 1.807) is 58.8 Å². The Labute approximate surface area is 392 Å². The Kier molecular flexibility index (Phi) is 19.6. The molecule has 2 aromatic heterocycles. The first-order valence-electron chi connectivity index (χ1n) is 20.3. The number of carbonyl (C=O) groups excluding carboxylic acids is 3. The van der Waals surface area contributed by atoms with Gasteiger partial charge in [0.15, 0.2) is 0 Å². The Morgan fingerprint density at radius 1 is 0.970 bits per heavy atom. The first kappa shape index (κ1) is 53.8. The van der Waals surface area contributed by atoms with Gasteiger partial charge >= 0.3 is 35.4 Å². The lowest BCUT2D eigenvalue weighted by Gasteiger charge is -2.21. The summed E-state index contributed by atoms with van der Waals surface area (Å²) in [7, 11) is -13.9. The zero-order chi connectivity index (χ0) is 48.9. The molecule has 364 valence electrons. The van der Waals surface area contributed by atoms with Crippen LogP contribution in [0.3, 0.4) is 0 Å². The maximum atomic E-state index is 13.5. The number of nitrogens with two attached hydrogens (primary N) is 3. The van der Waals surface area contributed by atoms with Crippen LogP contribution in [0.15, 0.2) is 61.1 Å². The van der Waals surface area contributed by atoms with Gasteiger partial charge in [-0.1, -0.05) is 69.8 Å². The van der Waals surface area contributed by atoms with E-state index in [1.807, 2.05) is 19.1 Å². The average molecular weight is 1030 g/mol. The number of phosphoric ester groups is 1. The lowest BCUT2D eigenvalue weighted by atomic mass is 10.0. The van der Waals surface area contributed by atoms with Crippen LogP contribution in [-0.4, -0.2) is 96.2 Å². The monoisotopic (exact) mass is 1030 g/mol. The summed E-state index contributed by atoms with van der Waals surface area (Å²) >= 11 is 0. The number of rotatable bonds is 23. The van der Waals surface area contributed by atoms with E-state index >= 15 is 0 Å². The summed E-state index contributed by atoms with van der Waals surface area (Å²) in [6.45, 7) is 3.35. The fourth-order valence-electron chi connectivity index (χ4n) is 6.61. The Hall–Kier alpha value is -4.18. The number of ether oxygens (including phenoxy) is 3. The van der Waals surface area contributed by atoms with Crippen LogP contribution in [0.1, 0.15) is 94.5 Å². The van der Waals surface area contributed by atoms with E-state index in [2.05, 4.69) is 35.7 Å². The molecule has 1 aliphatic rings. The number of unbranched alkanes of at least 4 members (excludes halogenated alkanes) is 1. The number of anilines is 1. The van der Waals surface area contributed by atoms with Crippen molar-refractivity contribution >= 4 is 79.8 Å². The van der Waals surface area contributed by atoms with Crippen LogP contribution in [-0.2, 0) is 45.8 Å². The van der Waals surface area contributed by atoms with E-state index < -0.39 is 66.5 Å². The molecule has 11 N–H and O–H groups in total. The first-order valence-corrected chi connectivity index (χ1v) is 27.2. The molecular weight excluding hydrogens is 980 g/mol. The minimum Gasteiger partial charge on any atom is -0.462 e. The highest BCUT2D eigenvalue weighted by atomic mass is 33.1. The van der Waals surface area contributed by atoms with Crippen molar-refractivity contribution in [2.45, 2.75) is 69.3 Å². The number of nitrogen functional groups attached to an aromatic ring is 1. The van der Waals surface area contributed by atoms with Crippen molar-refractivity contribution in [1.82, 2.24) is 19.9 Å². The number of esters is 2. The summed E-state index contributed by atoms with van der Waals surface area (Å²) in [5.41, 5.74) is 20.3. The molecule has 2 aromatic carbocycles. The van der Waals surface area contributed by atoms with Crippen LogP contribution < -0.4 is 22.5 Å². The highest BCUT2D eigenvalue weighted by Gasteiger charge is 2.45. The molecule has 67 heavy (non-hydrogen) atoms. The largest absolute Gasteiger partial charge is 0.490 e. The lowest BCUT2D eigenvalue weighted by molar-refractivity contribution is -0.121. The summed E-state index contributed by atoms with van der Waals surface area (Å²) in [5, 5.41) is 3.07. The predicted octanol–water partition coefficient (Wildman–Crippen LogP) is 4.79. The Morgan fingerprint density at radius 3 is 2.34 bits per heavy atom. The smallest absolute Gasteiger partial charge is 0.462 e. The van der Waals surface area contributed by atoms with Gasteiger partial charge in [0.1, 0.15) is 36.2 Å². The first-order chi connectivity index (χ1) is 31.7. The molecule has 3 heterocycles. The molecule has 0 bridgehead atoms. The van der Waals surface area contributed by atoms with Crippen LogP contribution >= 0.6 is 45.1 Å². The minimum absolute atomic E-state index is 0.0360. The molecule has 0 spiro atoms. The van der Waals surface area contributed by atoms with Crippen LogP contribution in [0.4, 0.5) is 5.82 Å². The van der Waals surface area contributed by atoms with E-state index in [1.165, 1.54) is 23.2 Å². The number of fused-ring (bicyclic) bond motifs is 1. The molecule has 5 unspecified atom stereocenters. The molecule has 0 radical (unpaired) electrons. The highest BCUT2D eigenvalue weighted by Crippen LogP contribution is 2.66. The van der Waals surface area contributed by atoms with Gasteiger partial charge in [-0.3, -0.25) is 9.32 Å². The number of amides is 1. The number of benzene rings is 2. The van der Waals surface area contributed by atoms with E-state index in [0.717, 1.165) is 11.3 Å². The maximum absolute atomic E-state index is 13.5. The molecule has 1 aliphatic heterocycles. The molecule has 0 aliphatic carbocycles. The van der Waals surface area contributed by atoms with E-state index in [4.69, 9.17) is 45.7 Å². The van der Waals surface area contributed by atoms with Crippen LogP contribution in [0, 0.1) is 11.8 Å². The van der Waals surface area contributed by atoms with Gasteiger partial charge in [-0.25, -0.2) is 33.3 Å². The topological polar surface area (TPSA) is 360 Å². The van der Waals surface area contributed by atoms with E-state index in [0.29, 0.717) is 41.5 Å². The zero-order valence-electron chi connectivity index (χ0n) is 35.9. The summed E-state index contributed by atoms with van der Waals surface area (Å²) in [6, 6.07) is 13.1. The lowest BCUT2D eigenvalue weighted by Crippen LogP contribution is -2.31. The average Bonchev–Trinajstić information content (AvgIpc) is 3.84. The Bertz CT molecular complexity index is 2610. The molecule has 7 atom stereocenters. The van der Waals surface area contributed by atoms with Crippen molar-refractivity contribution in [1.29, 1.82) is 0 Å². The van der Waals surface area contributed by atoms with Crippen molar-refractivity contribution in [2.24, 2.45) is 11.5 Å². The normalized spacial score (nSPS) is 18.8. The van der Waals surface area contributed by atoms with Crippen LogP contribution in [0.5, 0.6) is 0 Å². The number of carbonyl (C=O) groups is 3. The van der Waals surface area contributed by atoms with E-state index in [9.17, 15) is 37.9 Å². The molecule has 4 aromatic rings. The van der Waals surface area contributed by atoms with Crippen molar-refractivity contribution in [3.63, 3.8) is 0 Å². The van der Waals surface area contributed by atoms with Crippen molar-refractivity contribution in [2.75, 3.05) is 37.8 Å². The third-order valence-corrected chi connectivity index (χ3v) is 16.2. The number of hydrogen-bond acceptors (Lipinski definition) is 19. The minimum atomic E-state index is -5.85. The second-order valence-electron chi connectivity index (χ2n) is 14.6. The summed E-state index contributed by atoms with van der Waals surface area (Å²) in [5.74, 6) is 5.06. The Balaban J connectivity index is 1.23. The van der Waals surface area contributed by atoms with Gasteiger partial charge < -0.3 is 60.9 Å². The second-order valence-corrected chi connectivity index (χ2v) is 21.8. The molecule has 1 saturated heterocycles. The van der Waals surface area contributed by atoms with Gasteiger partial charge in [0.2, 0.25) is 5.91 Å². The van der Waals surface area contributed by atoms with Gasteiger partial charge in [-0.05, 0) is 49.9 Å². The number of nitrogens with one attached hydrogen (secondary N) is 1.